The summed E-state index contributed by atoms with van der Waals surface area (Å²) in [6, 6.07) is 11.9. The molecule has 4 N–H and O–H groups in total. The second-order valence-corrected chi connectivity index (χ2v) is 18.0. The Balaban J connectivity index is 0.000000140. The molecule has 6 saturated heterocycles. The molecule has 1 aliphatic carbocycles. The van der Waals surface area contributed by atoms with E-state index in [0.29, 0.717) is 48.3 Å². The monoisotopic (exact) mass is 789 g/mol. The molecule has 0 spiro atoms. The minimum absolute atomic E-state index is 0.00947. The highest BCUT2D eigenvalue weighted by Crippen LogP contribution is 2.46. The standard InChI is InChI=1S/C21H24FN3O5.C15H21NO.C8H15NO/c1-29-19-16-12(18(26)13(20(27)28)8-25(16)11-3-4-11)7-14(22)17(19)24-9-15-21(23,10-24)5-2-6-30-15;1-15-8-5-9-17-14(15)11-16(12-15)10-13-6-3-2-4-7-13;1-8-3-2-4-10-7(8)5-9-6-8/h7-8,11,15H,2-6,9-10,23H2,1H3,(H,27,28);2-4,6-7,14H,5,8-12H2,1H3;7,9H,2-6H2,1H3. The molecule has 12 nitrogen and oxygen atoms in total. The van der Waals surface area contributed by atoms with E-state index >= 15 is 4.39 Å². The SMILES string of the molecule is CC12CCCOC1CN(Cc1ccccc1)C2.CC12CCCOC1CNC2.COc1c(N2CC3OCCCC3(N)C2)c(F)cc2c(=O)c(C(=O)O)cn(C3CC3)c12. The van der Waals surface area contributed by atoms with Gasteiger partial charge in [0.05, 0.1) is 41.9 Å². The van der Waals surface area contributed by atoms with Crippen LogP contribution in [0.2, 0.25) is 0 Å². The number of methoxy groups -OCH3 is 1. The van der Waals surface area contributed by atoms with Crippen LogP contribution in [0.4, 0.5) is 10.1 Å². The number of rotatable bonds is 6. The van der Waals surface area contributed by atoms with Crippen molar-refractivity contribution < 1.29 is 33.2 Å². The van der Waals surface area contributed by atoms with Crippen LogP contribution < -0.4 is 26.1 Å². The summed E-state index contributed by atoms with van der Waals surface area (Å²) in [5, 5.41) is 12.8. The first-order valence-corrected chi connectivity index (χ1v) is 21.0. The molecule has 3 aromatic rings. The van der Waals surface area contributed by atoms with Crippen molar-refractivity contribution in [3.63, 3.8) is 0 Å². The van der Waals surface area contributed by atoms with Crippen LogP contribution in [0.1, 0.15) is 87.2 Å². The van der Waals surface area contributed by atoms with Gasteiger partial charge in [0.15, 0.2) is 11.6 Å². The minimum Gasteiger partial charge on any atom is -0.492 e. The summed E-state index contributed by atoms with van der Waals surface area (Å²) in [5.74, 6) is -1.73. The molecule has 6 unspecified atom stereocenters. The fourth-order valence-corrected chi connectivity index (χ4v) is 10.2. The van der Waals surface area contributed by atoms with Gasteiger partial charge in [-0.25, -0.2) is 9.18 Å². The highest BCUT2D eigenvalue weighted by molar-refractivity contribution is 5.97. The number of hydrogen-bond acceptors (Lipinski definition) is 10. The smallest absolute Gasteiger partial charge is 0.341 e. The van der Waals surface area contributed by atoms with E-state index in [-0.39, 0.29) is 34.5 Å². The van der Waals surface area contributed by atoms with Crippen LogP contribution in [0.25, 0.3) is 10.9 Å². The molecule has 310 valence electrons. The van der Waals surface area contributed by atoms with Crippen molar-refractivity contribution in [2.24, 2.45) is 16.6 Å². The van der Waals surface area contributed by atoms with Gasteiger partial charge >= 0.3 is 5.97 Å². The van der Waals surface area contributed by atoms with E-state index in [0.717, 1.165) is 71.1 Å². The van der Waals surface area contributed by atoms with Gasteiger partial charge in [0.25, 0.3) is 0 Å². The predicted octanol–water partition coefficient (Wildman–Crippen LogP) is 5.34. The van der Waals surface area contributed by atoms with Crippen LogP contribution in [0.15, 0.2) is 47.4 Å². The maximum atomic E-state index is 15.4. The zero-order valence-corrected chi connectivity index (χ0v) is 33.8. The fourth-order valence-electron chi connectivity index (χ4n) is 10.2. The van der Waals surface area contributed by atoms with Gasteiger partial charge in [-0.05, 0) is 63.0 Å². The van der Waals surface area contributed by atoms with Crippen molar-refractivity contribution >= 4 is 22.6 Å². The number of benzene rings is 2. The summed E-state index contributed by atoms with van der Waals surface area (Å²) >= 11 is 0. The number of aromatic carboxylic acids is 1. The highest BCUT2D eigenvalue weighted by Gasteiger charge is 2.48. The van der Waals surface area contributed by atoms with Crippen LogP contribution in [0, 0.1) is 16.6 Å². The number of nitrogens with two attached hydrogens (primary N) is 1. The molecular weight excluding hydrogens is 730 g/mol. The summed E-state index contributed by atoms with van der Waals surface area (Å²) < 4.78 is 40.2. The largest absolute Gasteiger partial charge is 0.492 e. The van der Waals surface area contributed by atoms with Crippen LogP contribution in [0.5, 0.6) is 5.75 Å². The number of carboxylic acids is 1. The van der Waals surface area contributed by atoms with Crippen LogP contribution in [-0.4, -0.2) is 111 Å². The van der Waals surface area contributed by atoms with E-state index in [1.807, 2.05) is 4.90 Å². The van der Waals surface area contributed by atoms with Gasteiger partial charge in [-0.15, -0.1) is 0 Å². The molecular formula is C44H60FN5O7. The summed E-state index contributed by atoms with van der Waals surface area (Å²) in [5.41, 5.74) is 7.84. The number of ether oxygens (including phenoxy) is 4. The molecule has 7 aliphatic rings. The van der Waals surface area contributed by atoms with E-state index in [2.05, 4.69) is 54.4 Å². The normalized spacial score (nSPS) is 32.0. The molecule has 7 heterocycles. The topological polar surface area (TPSA) is 141 Å². The molecule has 0 radical (unpaired) electrons. The lowest BCUT2D eigenvalue weighted by Gasteiger charge is -2.34. The van der Waals surface area contributed by atoms with Crippen LogP contribution in [0.3, 0.4) is 0 Å². The van der Waals surface area contributed by atoms with Crippen molar-refractivity contribution in [1.82, 2.24) is 14.8 Å². The van der Waals surface area contributed by atoms with Crippen molar-refractivity contribution in [1.29, 1.82) is 0 Å². The molecule has 2 aromatic carbocycles. The molecule has 6 atom stereocenters. The average molecular weight is 790 g/mol. The molecule has 7 fully saturated rings. The second kappa shape index (κ2) is 16.2. The number of carbonyl (C=O) groups is 1. The number of nitrogens with one attached hydrogen (secondary N) is 1. The Morgan fingerprint density at radius 3 is 2.30 bits per heavy atom. The van der Waals surface area contributed by atoms with Gasteiger partial charge in [0.1, 0.15) is 11.3 Å². The number of nitrogens with zero attached hydrogens (tertiary/aromatic N) is 3. The van der Waals surface area contributed by atoms with Gasteiger partial charge in [-0.1, -0.05) is 44.2 Å². The fraction of sp³-hybridized carbons (Fsp3) is 0.636. The number of anilines is 1. The lowest BCUT2D eigenvalue weighted by molar-refractivity contribution is -0.0446. The van der Waals surface area contributed by atoms with E-state index in [9.17, 15) is 14.7 Å². The lowest BCUT2D eigenvalue weighted by atomic mass is 9.81. The van der Waals surface area contributed by atoms with E-state index in [4.69, 9.17) is 24.7 Å². The first kappa shape index (κ1) is 40.2. The Labute approximate surface area is 334 Å². The summed E-state index contributed by atoms with van der Waals surface area (Å²) in [6.45, 7) is 13.7. The van der Waals surface area contributed by atoms with Crippen molar-refractivity contribution in [3.05, 3.63) is 69.8 Å². The van der Waals surface area contributed by atoms with Crippen LogP contribution in [-0.2, 0) is 20.8 Å². The average Bonchev–Trinajstić information content (AvgIpc) is 3.74. The molecule has 1 saturated carbocycles. The van der Waals surface area contributed by atoms with Gasteiger partial charge in [0.2, 0.25) is 5.43 Å². The van der Waals surface area contributed by atoms with Gasteiger partial charge in [0, 0.05) is 88.7 Å². The number of hydrogen-bond donors (Lipinski definition) is 3. The van der Waals surface area contributed by atoms with Gasteiger partial charge in [-0.2, -0.15) is 0 Å². The van der Waals surface area contributed by atoms with Gasteiger partial charge < -0.3 is 44.6 Å². The van der Waals surface area contributed by atoms with E-state index in [1.165, 1.54) is 51.1 Å². The molecule has 0 amide bonds. The Morgan fingerprint density at radius 2 is 1.65 bits per heavy atom. The molecule has 57 heavy (non-hydrogen) atoms. The first-order valence-electron chi connectivity index (χ1n) is 21.0. The number of fused-ring (bicyclic) bond motifs is 4. The molecule has 13 heteroatoms. The molecule has 10 rings (SSSR count). The molecule has 0 bridgehead atoms. The van der Waals surface area contributed by atoms with E-state index in [1.54, 1.807) is 4.57 Å². The zero-order chi connectivity index (χ0) is 40.0. The number of carboxylic acid groups (broad SMARTS) is 1. The van der Waals surface area contributed by atoms with Crippen molar-refractivity contribution in [3.8, 4) is 5.75 Å². The maximum absolute atomic E-state index is 15.4. The quantitative estimate of drug-likeness (QED) is 0.298. The molecule has 1 aromatic heterocycles. The Kier molecular flexibility index (Phi) is 11.4. The Morgan fingerprint density at radius 1 is 0.965 bits per heavy atom. The van der Waals surface area contributed by atoms with E-state index < -0.39 is 22.8 Å². The third kappa shape index (κ3) is 8.08. The lowest BCUT2D eigenvalue weighted by Crippen LogP contribution is -2.54. The summed E-state index contributed by atoms with van der Waals surface area (Å²) in [7, 11) is 1.43. The number of likely N-dealkylation sites (tertiary alicyclic amines) is 1. The number of aromatic nitrogens is 1. The predicted molar refractivity (Wildman–Crippen MR) is 217 cm³/mol. The van der Waals surface area contributed by atoms with Gasteiger partial charge in [-0.3, -0.25) is 9.69 Å². The zero-order valence-electron chi connectivity index (χ0n) is 33.8. The van der Waals surface area contributed by atoms with Crippen LogP contribution >= 0.6 is 0 Å². The number of pyridine rings is 1. The first-order chi connectivity index (χ1) is 27.4. The minimum atomic E-state index is -1.33. The Hall–Kier alpha value is -3.59. The number of halogens is 1. The second-order valence-electron chi connectivity index (χ2n) is 18.0. The Bertz CT molecular complexity index is 1990. The molecule has 6 aliphatic heterocycles. The van der Waals surface area contributed by atoms with Crippen molar-refractivity contribution in [2.75, 3.05) is 71.1 Å². The third-order valence-corrected chi connectivity index (χ3v) is 13.6. The highest BCUT2D eigenvalue weighted by atomic mass is 19.1. The maximum Gasteiger partial charge on any atom is 0.341 e. The summed E-state index contributed by atoms with van der Waals surface area (Å²) in [4.78, 5) is 28.8. The van der Waals surface area contributed by atoms with Crippen molar-refractivity contribution in [2.45, 2.75) is 102 Å². The summed E-state index contributed by atoms with van der Waals surface area (Å²) in [6.07, 6.45) is 10.6. The third-order valence-electron chi connectivity index (χ3n) is 13.6.